The van der Waals surface area contributed by atoms with Crippen molar-refractivity contribution in [2.24, 2.45) is 34.7 Å². The summed E-state index contributed by atoms with van der Waals surface area (Å²) >= 11 is 0. The fourth-order valence-corrected chi connectivity index (χ4v) is 5.95. The van der Waals surface area contributed by atoms with Crippen LogP contribution in [0.2, 0.25) is 0 Å². The van der Waals surface area contributed by atoms with Crippen LogP contribution in [-0.2, 0) is 14.4 Å². The maximum atomic E-state index is 13.3. The van der Waals surface area contributed by atoms with Crippen LogP contribution < -0.4 is 4.90 Å². The lowest BCUT2D eigenvalue weighted by atomic mass is 9.71. The van der Waals surface area contributed by atoms with E-state index in [2.05, 4.69) is 5.16 Å². The third-order valence-electron chi connectivity index (χ3n) is 7.08. The molecule has 2 saturated carbocycles. The topological polar surface area (TPSA) is 102 Å². The van der Waals surface area contributed by atoms with Gasteiger partial charge in [0.25, 0.3) is 5.69 Å². The highest BCUT2D eigenvalue weighted by molar-refractivity contribution is 6.23. The Hall–Kier alpha value is -3.55. The number of benzene rings is 2. The first-order valence-corrected chi connectivity index (χ1v) is 9.97. The van der Waals surface area contributed by atoms with Crippen molar-refractivity contribution in [3.63, 3.8) is 0 Å². The van der Waals surface area contributed by atoms with Crippen LogP contribution in [0.1, 0.15) is 12.0 Å². The summed E-state index contributed by atoms with van der Waals surface area (Å²) in [6, 6.07) is 15.3. The van der Waals surface area contributed by atoms with Gasteiger partial charge < -0.3 is 4.84 Å². The number of nitrogens with zero attached hydrogens (tertiary/aromatic N) is 3. The average Bonchev–Trinajstić information content (AvgIpc) is 3.49. The number of hydrogen-bond donors (Lipinski definition) is 0. The number of nitro benzene ring substituents is 1. The predicted octanol–water partition coefficient (Wildman–Crippen LogP) is 2.77. The summed E-state index contributed by atoms with van der Waals surface area (Å²) in [6.07, 6.45) is 0.533. The second-order valence-corrected chi connectivity index (χ2v) is 8.34. The summed E-state index contributed by atoms with van der Waals surface area (Å²) in [6.45, 7) is 0. The number of nitro groups is 1. The number of hydrogen-bond acceptors (Lipinski definition) is 6. The molecular weight excluding hydrogens is 386 g/mol. The zero-order valence-corrected chi connectivity index (χ0v) is 15.8. The second kappa shape index (κ2) is 5.98. The molecule has 6 rings (SSSR count). The molecule has 1 saturated heterocycles. The van der Waals surface area contributed by atoms with Crippen molar-refractivity contribution in [1.82, 2.24) is 0 Å². The fraction of sp³-hybridized carbons (Fsp3) is 0.318. The molecule has 150 valence electrons. The third-order valence-corrected chi connectivity index (χ3v) is 7.08. The van der Waals surface area contributed by atoms with Crippen molar-refractivity contribution in [1.29, 1.82) is 0 Å². The van der Waals surface area contributed by atoms with E-state index in [0.717, 1.165) is 17.7 Å². The SMILES string of the molecule is O=C1[C@@H]2[C@H]3C[C@@H]([C@H]4ON=C(c5ccc([N+](=O)[O-])cc5)[C@@H]34)[C@H]2C(=O)N1c1ccccc1. The van der Waals surface area contributed by atoms with Crippen molar-refractivity contribution >= 4 is 28.9 Å². The molecular formula is C22H17N3O5. The molecule has 0 aromatic heterocycles. The first-order valence-electron chi connectivity index (χ1n) is 9.97. The number of fused-ring (bicyclic) bond motifs is 8. The van der Waals surface area contributed by atoms with Gasteiger partial charge in [0, 0.05) is 29.5 Å². The Balaban J connectivity index is 1.33. The van der Waals surface area contributed by atoms with E-state index in [1.54, 1.807) is 24.3 Å². The Morgan fingerprint density at radius 3 is 2.27 bits per heavy atom. The van der Waals surface area contributed by atoms with Crippen LogP contribution in [0, 0.1) is 39.7 Å². The minimum Gasteiger partial charge on any atom is -0.391 e. The van der Waals surface area contributed by atoms with E-state index >= 15 is 0 Å². The smallest absolute Gasteiger partial charge is 0.269 e. The number of amides is 2. The van der Waals surface area contributed by atoms with E-state index in [-0.39, 0.29) is 53.2 Å². The number of anilines is 1. The first-order chi connectivity index (χ1) is 14.6. The largest absolute Gasteiger partial charge is 0.391 e. The molecule has 2 heterocycles. The molecule has 8 heteroatoms. The van der Waals surface area contributed by atoms with Crippen molar-refractivity contribution in [2.45, 2.75) is 12.5 Å². The molecule has 0 spiro atoms. The van der Waals surface area contributed by atoms with Crippen LogP contribution in [0.4, 0.5) is 11.4 Å². The normalized spacial score (nSPS) is 33.3. The quantitative estimate of drug-likeness (QED) is 0.445. The molecule has 8 nitrogen and oxygen atoms in total. The molecule has 2 aromatic carbocycles. The summed E-state index contributed by atoms with van der Waals surface area (Å²) in [4.78, 5) is 44.1. The maximum Gasteiger partial charge on any atom is 0.269 e. The van der Waals surface area contributed by atoms with E-state index in [9.17, 15) is 19.7 Å². The summed E-state index contributed by atoms with van der Waals surface area (Å²) in [5.41, 5.74) is 2.10. The van der Waals surface area contributed by atoms with Gasteiger partial charge in [-0.25, -0.2) is 0 Å². The molecule has 0 N–H and O–H groups in total. The molecule has 30 heavy (non-hydrogen) atoms. The molecule has 4 aliphatic rings. The standard InChI is InChI=1S/C22H17N3O5/c26-21-16-14-10-15(17(16)22(27)24(21)12-4-2-1-3-5-12)20-18(14)19(23-30-20)11-6-8-13(9-7-11)25(28)29/h1-9,14-18,20H,10H2/t14-,15-,16-,17-,18-,20-/m1/s1. The van der Waals surface area contributed by atoms with Crippen LogP contribution in [0.15, 0.2) is 59.8 Å². The maximum absolute atomic E-state index is 13.3. The number of rotatable bonds is 3. The summed E-state index contributed by atoms with van der Waals surface area (Å²) in [5.74, 6) is -1.16. The molecule has 2 aliphatic carbocycles. The van der Waals surface area contributed by atoms with Crippen LogP contribution in [-0.4, -0.2) is 28.6 Å². The minimum absolute atomic E-state index is 0.0119. The third kappa shape index (κ3) is 2.13. The Bertz CT molecular complexity index is 1110. The van der Waals surface area contributed by atoms with Gasteiger partial charge in [-0.05, 0) is 36.6 Å². The molecule has 2 aromatic rings. The van der Waals surface area contributed by atoms with Gasteiger partial charge in [-0.3, -0.25) is 24.6 Å². The van der Waals surface area contributed by atoms with Gasteiger partial charge in [-0.15, -0.1) is 0 Å². The number of carbonyl (C=O) groups is 2. The Morgan fingerprint density at radius 1 is 0.933 bits per heavy atom. The molecule has 0 radical (unpaired) electrons. The van der Waals surface area contributed by atoms with Gasteiger partial charge in [0.2, 0.25) is 11.8 Å². The summed E-state index contributed by atoms with van der Waals surface area (Å²) < 4.78 is 0. The number of non-ortho nitro benzene ring substituents is 1. The fourth-order valence-electron chi connectivity index (χ4n) is 5.95. The predicted molar refractivity (Wildman–Crippen MR) is 106 cm³/mol. The summed E-state index contributed by atoms with van der Waals surface area (Å²) in [7, 11) is 0. The zero-order chi connectivity index (χ0) is 20.6. The van der Waals surface area contributed by atoms with Gasteiger partial charge in [0.1, 0.15) is 6.10 Å². The molecule has 2 amide bonds. The van der Waals surface area contributed by atoms with Gasteiger partial charge in [-0.1, -0.05) is 23.4 Å². The number of imide groups is 1. The monoisotopic (exact) mass is 403 g/mol. The number of carbonyl (C=O) groups excluding carboxylic acids is 2. The number of oxime groups is 1. The van der Waals surface area contributed by atoms with Crippen LogP contribution in [0.25, 0.3) is 0 Å². The van der Waals surface area contributed by atoms with E-state index < -0.39 is 4.92 Å². The van der Waals surface area contributed by atoms with Gasteiger partial charge in [0.15, 0.2) is 0 Å². The number of para-hydroxylation sites is 1. The van der Waals surface area contributed by atoms with Crippen molar-refractivity contribution in [3.05, 3.63) is 70.3 Å². The lowest BCUT2D eigenvalue weighted by Gasteiger charge is -2.29. The van der Waals surface area contributed by atoms with Gasteiger partial charge >= 0.3 is 0 Å². The minimum atomic E-state index is -0.442. The second-order valence-electron chi connectivity index (χ2n) is 8.34. The van der Waals surface area contributed by atoms with Crippen LogP contribution in [0.3, 0.4) is 0 Å². The van der Waals surface area contributed by atoms with Gasteiger partial charge in [-0.2, -0.15) is 0 Å². The van der Waals surface area contributed by atoms with E-state index in [1.165, 1.54) is 17.0 Å². The molecule has 0 unspecified atom stereocenters. The highest BCUT2D eigenvalue weighted by Gasteiger charge is 2.70. The van der Waals surface area contributed by atoms with E-state index in [1.807, 2.05) is 18.2 Å². The van der Waals surface area contributed by atoms with Crippen molar-refractivity contribution < 1.29 is 19.3 Å². The molecule has 2 aliphatic heterocycles. The molecule has 2 bridgehead atoms. The lowest BCUT2D eigenvalue weighted by molar-refractivity contribution is -0.384. The van der Waals surface area contributed by atoms with E-state index in [4.69, 9.17) is 4.84 Å². The van der Waals surface area contributed by atoms with Crippen LogP contribution in [0.5, 0.6) is 0 Å². The summed E-state index contributed by atoms with van der Waals surface area (Å²) in [5, 5.41) is 15.2. The Kier molecular flexibility index (Phi) is 3.45. The van der Waals surface area contributed by atoms with Crippen molar-refractivity contribution in [3.8, 4) is 0 Å². The molecule has 6 atom stereocenters. The zero-order valence-electron chi connectivity index (χ0n) is 15.8. The lowest BCUT2D eigenvalue weighted by Crippen LogP contribution is -2.41. The highest BCUT2D eigenvalue weighted by atomic mass is 16.6. The first kappa shape index (κ1) is 17.3. The Labute approximate surface area is 171 Å². The van der Waals surface area contributed by atoms with Crippen molar-refractivity contribution in [2.75, 3.05) is 4.90 Å². The van der Waals surface area contributed by atoms with E-state index in [0.29, 0.717) is 5.69 Å². The van der Waals surface area contributed by atoms with Crippen LogP contribution >= 0.6 is 0 Å². The molecule has 3 fully saturated rings. The Morgan fingerprint density at radius 2 is 1.60 bits per heavy atom. The van der Waals surface area contributed by atoms with Gasteiger partial charge in [0.05, 0.1) is 28.2 Å². The average molecular weight is 403 g/mol. The highest BCUT2D eigenvalue weighted by Crippen LogP contribution is 2.62.